The minimum absolute atomic E-state index is 0.00646. The number of piperidine rings is 1. The second-order valence-electron chi connectivity index (χ2n) is 10.7. The molecule has 40 heavy (non-hydrogen) atoms. The Balaban J connectivity index is 1.15. The lowest BCUT2D eigenvalue weighted by Crippen LogP contribution is -2.34. The third kappa shape index (κ3) is 4.66. The van der Waals surface area contributed by atoms with E-state index in [2.05, 4.69) is 15.0 Å². The fourth-order valence-electron chi connectivity index (χ4n) is 6.14. The third-order valence-electron chi connectivity index (χ3n) is 8.19. The molecule has 1 aromatic carbocycles. The maximum absolute atomic E-state index is 13.6. The van der Waals surface area contributed by atoms with Crippen molar-refractivity contribution in [2.75, 3.05) is 26.2 Å². The van der Waals surface area contributed by atoms with Gasteiger partial charge >= 0.3 is 18.0 Å². The van der Waals surface area contributed by atoms with Crippen molar-refractivity contribution in [2.24, 2.45) is 5.92 Å². The Kier molecular flexibility index (Phi) is 6.26. The second-order valence-corrected chi connectivity index (χ2v) is 10.7. The molecule has 2 aromatic heterocycles. The number of H-pyrrole nitrogens is 1. The van der Waals surface area contributed by atoms with Gasteiger partial charge in [-0.3, -0.25) is 14.3 Å². The molecule has 1 N–H and O–H groups in total. The summed E-state index contributed by atoms with van der Waals surface area (Å²) in [7, 11) is 0. The Morgan fingerprint density at radius 1 is 1.05 bits per heavy atom. The number of aryl methyl sites for hydroxylation is 1. The van der Waals surface area contributed by atoms with Gasteiger partial charge in [0.25, 0.3) is 5.56 Å². The molecule has 0 amide bonds. The summed E-state index contributed by atoms with van der Waals surface area (Å²) in [5.41, 5.74) is -2.68. The van der Waals surface area contributed by atoms with Crippen LogP contribution in [0, 0.1) is 5.92 Å². The minimum Gasteiger partial charge on any atom is -0.375 e. The van der Waals surface area contributed by atoms with Crippen LogP contribution >= 0.6 is 0 Å². The molecule has 2 fully saturated rings. The summed E-state index contributed by atoms with van der Waals surface area (Å²) >= 11 is 0. The van der Waals surface area contributed by atoms with E-state index in [1.165, 1.54) is 10.8 Å². The monoisotopic (exact) mass is 569 g/mol. The van der Waals surface area contributed by atoms with Gasteiger partial charge in [0, 0.05) is 36.8 Å². The number of benzene rings is 1. The lowest BCUT2D eigenvalue weighted by molar-refractivity contribution is -0.142. The Hall–Kier alpha value is -3.39. The summed E-state index contributed by atoms with van der Waals surface area (Å²) in [6, 6.07) is 5.33. The van der Waals surface area contributed by atoms with Crippen LogP contribution in [0.15, 0.2) is 40.1 Å². The Bertz CT molecular complexity index is 1560. The van der Waals surface area contributed by atoms with E-state index in [0.29, 0.717) is 25.4 Å². The summed E-state index contributed by atoms with van der Waals surface area (Å²) < 4.78 is 87.0. The highest BCUT2D eigenvalue weighted by Crippen LogP contribution is 2.59. The predicted octanol–water partition coefficient (Wildman–Crippen LogP) is 3.50. The predicted molar refractivity (Wildman–Crippen MR) is 129 cm³/mol. The van der Waals surface area contributed by atoms with E-state index in [1.54, 1.807) is 12.1 Å². The summed E-state index contributed by atoms with van der Waals surface area (Å²) in [4.78, 5) is 29.4. The number of nitrogens with one attached hydrogen (secondary N) is 1. The molecule has 0 bridgehead atoms. The van der Waals surface area contributed by atoms with Crippen LogP contribution in [0.3, 0.4) is 0 Å². The Labute approximate surface area is 223 Å². The van der Waals surface area contributed by atoms with Crippen molar-refractivity contribution >= 4 is 0 Å². The van der Waals surface area contributed by atoms with Crippen LogP contribution in [0.2, 0.25) is 0 Å². The summed E-state index contributed by atoms with van der Waals surface area (Å²) in [6.07, 6.45) is -6.45. The maximum Gasteiger partial charge on any atom is 0.435 e. The first-order valence-electron chi connectivity index (χ1n) is 12.9. The number of halogens is 6. The van der Waals surface area contributed by atoms with Gasteiger partial charge in [-0.25, -0.2) is 9.48 Å². The molecular formula is C26H25F6N5O3. The standard InChI is InChI=1S/C26H25F6N5O3/c27-25(28,29)16-4-2-15(3-5-16)24-10-17(24)11-35(14-24)7-1-8-36-12-19(22(38)33-23(36)39)37-20-13-40-9-6-18(20)21(34-37)26(30,31)32/h2-5,12,17H,1,6-11,13-14H2,(H,33,38,39)/t17-,24+/m0/s1. The molecule has 3 aliphatic rings. The first-order valence-corrected chi connectivity index (χ1v) is 12.9. The lowest BCUT2D eigenvalue weighted by Gasteiger charge is -2.21. The van der Waals surface area contributed by atoms with Crippen LogP contribution in [-0.4, -0.2) is 50.5 Å². The van der Waals surface area contributed by atoms with Gasteiger partial charge in [-0.2, -0.15) is 31.4 Å². The molecule has 214 valence electrons. The number of aromatic nitrogens is 4. The number of hydrogen-bond donors (Lipinski definition) is 1. The van der Waals surface area contributed by atoms with Gasteiger partial charge in [-0.1, -0.05) is 12.1 Å². The third-order valence-corrected chi connectivity index (χ3v) is 8.19. The first-order chi connectivity index (χ1) is 18.9. The molecule has 0 spiro atoms. The number of hydrogen-bond acceptors (Lipinski definition) is 5. The van der Waals surface area contributed by atoms with E-state index in [4.69, 9.17) is 4.74 Å². The topological polar surface area (TPSA) is 85.2 Å². The van der Waals surface area contributed by atoms with Crippen molar-refractivity contribution in [3.8, 4) is 5.69 Å². The zero-order chi connectivity index (χ0) is 28.4. The number of nitrogens with zero attached hydrogens (tertiary/aromatic N) is 4. The van der Waals surface area contributed by atoms with Crippen molar-refractivity contribution in [3.05, 3.63) is 79.4 Å². The fourth-order valence-corrected chi connectivity index (χ4v) is 6.14. The summed E-state index contributed by atoms with van der Waals surface area (Å²) in [5.74, 6) is 0.350. The number of rotatable bonds is 6. The van der Waals surface area contributed by atoms with E-state index >= 15 is 0 Å². The van der Waals surface area contributed by atoms with E-state index < -0.39 is 34.9 Å². The molecule has 0 unspecified atom stereocenters. The van der Waals surface area contributed by atoms with Gasteiger partial charge in [0.1, 0.15) is 5.69 Å². The molecule has 4 heterocycles. The van der Waals surface area contributed by atoms with E-state index in [9.17, 15) is 35.9 Å². The molecule has 2 atom stereocenters. The normalized spacial score (nSPS) is 22.8. The van der Waals surface area contributed by atoms with E-state index in [1.807, 2.05) is 0 Å². The Morgan fingerprint density at radius 2 is 1.80 bits per heavy atom. The molecule has 1 saturated heterocycles. The summed E-state index contributed by atoms with van der Waals surface area (Å²) in [6.45, 7) is 2.23. The molecule has 0 radical (unpaired) electrons. The van der Waals surface area contributed by atoms with Crippen LogP contribution in [0.4, 0.5) is 26.3 Å². The van der Waals surface area contributed by atoms with Crippen LogP contribution in [0.1, 0.15) is 40.9 Å². The van der Waals surface area contributed by atoms with E-state index in [-0.39, 0.29) is 48.5 Å². The molecule has 3 aromatic rings. The highest BCUT2D eigenvalue weighted by Gasteiger charge is 2.60. The van der Waals surface area contributed by atoms with Crippen molar-refractivity contribution in [3.63, 3.8) is 0 Å². The van der Waals surface area contributed by atoms with Crippen LogP contribution in [0.5, 0.6) is 0 Å². The van der Waals surface area contributed by atoms with Crippen molar-refractivity contribution in [2.45, 2.75) is 50.2 Å². The average molecular weight is 570 g/mol. The highest BCUT2D eigenvalue weighted by molar-refractivity contribution is 5.39. The van der Waals surface area contributed by atoms with Crippen LogP contribution in [0.25, 0.3) is 5.69 Å². The van der Waals surface area contributed by atoms with E-state index in [0.717, 1.165) is 35.3 Å². The molecule has 6 rings (SSSR count). The zero-order valence-corrected chi connectivity index (χ0v) is 21.1. The number of fused-ring (bicyclic) bond motifs is 2. The van der Waals surface area contributed by atoms with Crippen LogP contribution < -0.4 is 11.2 Å². The van der Waals surface area contributed by atoms with Crippen molar-refractivity contribution < 1.29 is 31.1 Å². The minimum atomic E-state index is -4.71. The Morgan fingerprint density at radius 3 is 2.50 bits per heavy atom. The van der Waals surface area contributed by atoms with Gasteiger partial charge in [0.15, 0.2) is 5.69 Å². The second kappa shape index (κ2) is 9.33. The molecule has 1 aliphatic carbocycles. The van der Waals surface area contributed by atoms with Gasteiger partial charge < -0.3 is 9.64 Å². The number of ether oxygens (including phenoxy) is 1. The van der Waals surface area contributed by atoms with Crippen LogP contribution in [-0.2, 0) is 42.1 Å². The van der Waals surface area contributed by atoms with Gasteiger partial charge in [-0.15, -0.1) is 0 Å². The lowest BCUT2D eigenvalue weighted by atomic mass is 9.94. The van der Waals surface area contributed by atoms with Gasteiger partial charge in [0.2, 0.25) is 0 Å². The zero-order valence-electron chi connectivity index (χ0n) is 21.1. The van der Waals surface area contributed by atoms with Crippen molar-refractivity contribution in [1.29, 1.82) is 0 Å². The average Bonchev–Trinajstić information content (AvgIpc) is 3.25. The largest absolute Gasteiger partial charge is 0.435 e. The van der Waals surface area contributed by atoms with Gasteiger partial charge in [0.05, 0.1) is 24.5 Å². The fraction of sp³-hybridized carbons (Fsp3) is 0.500. The highest BCUT2D eigenvalue weighted by atomic mass is 19.4. The van der Waals surface area contributed by atoms with Crippen molar-refractivity contribution in [1.82, 2.24) is 24.2 Å². The molecular weight excluding hydrogens is 544 g/mol. The molecule has 8 nitrogen and oxygen atoms in total. The SMILES string of the molecule is O=c1[nH]c(=O)n(CCCN2C[C@@H]3C[C@]3(c3ccc(C(F)(F)F)cc3)C2)cc1-n1nc(C(F)(F)F)c2c1COCC2. The first kappa shape index (κ1) is 26.8. The summed E-state index contributed by atoms with van der Waals surface area (Å²) in [5, 5.41) is 3.68. The number of likely N-dealkylation sites (tertiary alicyclic amines) is 1. The number of aromatic amines is 1. The number of alkyl halides is 6. The maximum atomic E-state index is 13.6. The molecule has 14 heteroatoms. The molecule has 1 saturated carbocycles. The smallest absolute Gasteiger partial charge is 0.375 e. The van der Waals surface area contributed by atoms with Gasteiger partial charge in [-0.05, 0) is 49.4 Å². The quantitative estimate of drug-likeness (QED) is 0.460. The molecule has 2 aliphatic heterocycles.